The molecular formula is C18H19NO2. The number of hydrogen-bond acceptors (Lipinski definition) is 3. The quantitative estimate of drug-likeness (QED) is 0.918. The number of fused-ring (bicyclic) bond motifs is 3. The van der Waals surface area contributed by atoms with Crippen LogP contribution in [0.25, 0.3) is 0 Å². The Kier molecular flexibility index (Phi) is 3.17. The minimum Gasteiger partial charge on any atom is -0.464 e. The third-order valence-electron chi connectivity index (χ3n) is 4.62. The Morgan fingerprint density at radius 2 is 1.76 bits per heavy atom. The highest BCUT2D eigenvalue weighted by Crippen LogP contribution is 2.43. The predicted molar refractivity (Wildman–Crippen MR) is 81.0 cm³/mol. The lowest BCUT2D eigenvalue weighted by molar-refractivity contribution is -0.0739. The van der Waals surface area contributed by atoms with Gasteiger partial charge < -0.3 is 9.84 Å². The van der Waals surface area contributed by atoms with Gasteiger partial charge in [-0.25, -0.2) is 0 Å². The van der Waals surface area contributed by atoms with Gasteiger partial charge in [0.05, 0.1) is 0 Å². The maximum absolute atomic E-state index is 10.3. The van der Waals surface area contributed by atoms with Gasteiger partial charge in [0.2, 0.25) is 6.29 Å². The number of likely N-dealkylation sites (tertiary alicyclic amines) is 1. The van der Waals surface area contributed by atoms with Crippen LogP contribution in [0.3, 0.4) is 0 Å². The molecule has 1 saturated heterocycles. The molecule has 0 spiro atoms. The molecule has 1 fully saturated rings. The van der Waals surface area contributed by atoms with Gasteiger partial charge >= 0.3 is 0 Å². The second-order valence-corrected chi connectivity index (χ2v) is 6.00. The lowest BCUT2D eigenvalue weighted by Crippen LogP contribution is -2.35. The van der Waals surface area contributed by atoms with Crippen molar-refractivity contribution >= 4 is 0 Å². The third-order valence-corrected chi connectivity index (χ3v) is 4.62. The van der Waals surface area contributed by atoms with E-state index in [9.17, 15) is 5.11 Å². The third kappa shape index (κ3) is 2.33. The molecule has 2 aliphatic rings. The Hall–Kier alpha value is -1.84. The molecule has 0 aliphatic carbocycles. The number of hydrogen-bond donors (Lipinski definition) is 1. The van der Waals surface area contributed by atoms with E-state index in [1.165, 1.54) is 11.1 Å². The fraction of sp³-hybridized carbons (Fsp3) is 0.333. The van der Waals surface area contributed by atoms with Crippen molar-refractivity contribution in [3.05, 3.63) is 65.7 Å². The molecule has 3 atom stereocenters. The minimum atomic E-state index is -0.689. The van der Waals surface area contributed by atoms with E-state index in [0.29, 0.717) is 5.92 Å². The van der Waals surface area contributed by atoms with Crippen molar-refractivity contribution in [2.45, 2.75) is 18.8 Å². The van der Waals surface area contributed by atoms with Gasteiger partial charge in [-0.15, -0.1) is 0 Å². The SMILES string of the molecule is OC1Oc2ccccc2[C@@H]2CN(Cc3ccccc3)C[C@@H]12. The van der Waals surface area contributed by atoms with E-state index in [1.807, 2.05) is 18.2 Å². The molecule has 2 heterocycles. The van der Waals surface area contributed by atoms with Crippen LogP contribution in [0.15, 0.2) is 54.6 Å². The van der Waals surface area contributed by atoms with Crippen molar-refractivity contribution in [3.8, 4) is 5.75 Å². The van der Waals surface area contributed by atoms with E-state index in [1.54, 1.807) is 0 Å². The van der Waals surface area contributed by atoms with Crippen molar-refractivity contribution in [1.82, 2.24) is 4.90 Å². The van der Waals surface area contributed by atoms with Crippen molar-refractivity contribution in [3.63, 3.8) is 0 Å². The molecule has 4 rings (SSSR count). The number of para-hydroxylation sites is 1. The van der Waals surface area contributed by atoms with Gasteiger partial charge in [0.25, 0.3) is 0 Å². The average molecular weight is 281 g/mol. The monoisotopic (exact) mass is 281 g/mol. The minimum absolute atomic E-state index is 0.170. The van der Waals surface area contributed by atoms with E-state index in [0.717, 1.165) is 25.4 Å². The molecule has 1 unspecified atom stereocenters. The highest BCUT2D eigenvalue weighted by Gasteiger charge is 2.43. The molecule has 2 aliphatic heterocycles. The Bertz CT molecular complexity index is 628. The summed E-state index contributed by atoms with van der Waals surface area (Å²) in [6.45, 7) is 2.80. The Morgan fingerprint density at radius 3 is 2.62 bits per heavy atom. The molecule has 3 heteroatoms. The molecule has 0 bridgehead atoms. The molecule has 1 N–H and O–H groups in total. The molecular weight excluding hydrogens is 262 g/mol. The van der Waals surface area contributed by atoms with Crippen molar-refractivity contribution in [1.29, 1.82) is 0 Å². The molecule has 0 amide bonds. The van der Waals surface area contributed by atoms with E-state index in [2.05, 4.69) is 41.3 Å². The molecule has 108 valence electrons. The van der Waals surface area contributed by atoms with Gasteiger partial charge in [0.1, 0.15) is 5.75 Å². The number of nitrogens with zero attached hydrogens (tertiary/aromatic N) is 1. The first kappa shape index (κ1) is 12.9. The molecule has 0 saturated carbocycles. The molecule has 0 aromatic heterocycles. The van der Waals surface area contributed by atoms with Crippen LogP contribution in [0, 0.1) is 5.92 Å². The first-order valence-corrected chi connectivity index (χ1v) is 7.51. The topological polar surface area (TPSA) is 32.7 Å². The van der Waals surface area contributed by atoms with Crippen LogP contribution in [0.5, 0.6) is 5.75 Å². The average Bonchev–Trinajstić information content (AvgIpc) is 2.93. The lowest BCUT2D eigenvalue weighted by atomic mass is 9.86. The van der Waals surface area contributed by atoms with Gasteiger partial charge in [0.15, 0.2) is 0 Å². The first-order chi connectivity index (χ1) is 10.3. The van der Waals surface area contributed by atoms with Crippen molar-refractivity contribution in [2.75, 3.05) is 13.1 Å². The van der Waals surface area contributed by atoms with Crippen LogP contribution in [-0.2, 0) is 6.54 Å². The predicted octanol–water partition coefficient (Wildman–Crippen LogP) is 2.61. The number of rotatable bonds is 2. The van der Waals surface area contributed by atoms with E-state index < -0.39 is 6.29 Å². The fourth-order valence-corrected chi connectivity index (χ4v) is 3.61. The number of aliphatic hydroxyl groups excluding tert-OH is 1. The highest BCUT2D eigenvalue weighted by molar-refractivity contribution is 5.40. The van der Waals surface area contributed by atoms with Crippen molar-refractivity contribution in [2.24, 2.45) is 5.92 Å². The lowest BCUT2D eigenvalue weighted by Gasteiger charge is -2.31. The molecule has 3 nitrogen and oxygen atoms in total. The van der Waals surface area contributed by atoms with Crippen molar-refractivity contribution < 1.29 is 9.84 Å². The summed E-state index contributed by atoms with van der Waals surface area (Å²) in [5.41, 5.74) is 2.56. The Labute approximate surface area is 124 Å². The highest BCUT2D eigenvalue weighted by atomic mass is 16.6. The second kappa shape index (κ2) is 5.17. The van der Waals surface area contributed by atoms with Crippen LogP contribution < -0.4 is 4.74 Å². The largest absolute Gasteiger partial charge is 0.464 e. The maximum atomic E-state index is 10.3. The van der Waals surface area contributed by atoms with Crippen LogP contribution in [-0.4, -0.2) is 29.4 Å². The summed E-state index contributed by atoms with van der Waals surface area (Å²) in [4.78, 5) is 2.42. The van der Waals surface area contributed by atoms with E-state index >= 15 is 0 Å². The fourth-order valence-electron chi connectivity index (χ4n) is 3.61. The number of ether oxygens (including phenoxy) is 1. The second-order valence-electron chi connectivity index (χ2n) is 6.00. The Morgan fingerprint density at radius 1 is 1.00 bits per heavy atom. The summed E-state index contributed by atoms with van der Waals surface area (Å²) in [7, 11) is 0. The standard InChI is InChI=1S/C18H19NO2/c20-18-16-12-19(10-13-6-2-1-3-7-13)11-15(16)14-8-4-5-9-17(14)21-18/h1-9,15-16,18,20H,10-12H2/t15-,16+,18?/m0/s1. The van der Waals surface area contributed by atoms with Gasteiger partial charge in [-0.05, 0) is 17.2 Å². The van der Waals surface area contributed by atoms with Crippen LogP contribution in [0.1, 0.15) is 17.0 Å². The van der Waals surface area contributed by atoms with Gasteiger partial charge in [-0.1, -0.05) is 48.5 Å². The summed E-state index contributed by atoms with van der Waals surface area (Å²) in [5.74, 6) is 1.38. The van der Waals surface area contributed by atoms with Crippen LogP contribution >= 0.6 is 0 Å². The maximum Gasteiger partial charge on any atom is 0.202 e. The van der Waals surface area contributed by atoms with E-state index in [-0.39, 0.29) is 5.92 Å². The van der Waals surface area contributed by atoms with Gasteiger partial charge in [0, 0.05) is 31.5 Å². The zero-order chi connectivity index (χ0) is 14.2. The smallest absolute Gasteiger partial charge is 0.202 e. The summed E-state index contributed by atoms with van der Waals surface area (Å²) < 4.78 is 5.67. The summed E-state index contributed by atoms with van der Waals surface area (Å²) in [6, 6.07) is 18.6. The van der Waals surface area contributed by atoms with Crippen LogP contribution in [0.2, 0.25) is 0 Å². The summed E-state index contributed by atoms with van der Waals surface area (Å²) >= 11 is 0. The van der Waals surface area contributed by atoms with Gasteiger partial charge in [-0.3, -0.25) is 4.90 Å². The molecule has 21 heavy (non-hydrogen) atoms. The normalized spacial score (nSPS) is 27.8. The number of aliphatic hydroxyl groups is 1. The number of benzene rings is 2. The zero-order valence-electron chi connectivity index (χ0n) is 11.9. The van der Waals surface area contributed by atoms with Crippen LogP contribution in [0.4, 0.5) is 0 Å². The summed E-state index contributed by atoms with van der Waals surface area (Å²) in [5, 5.41) is 10.3. The summed E-state index contributed by atoms with van der Waals surface area (Å²) in [6.07, 6.45) is -0.689. The Balaban J connectivity index is 1.57. The molecule has 2 aromatic carbocycles. The van der Waals surface area contributed by atoms with Gasteiger partial charge in [-0.2, -0.15) is 0 Å². The zero-order valence-corrected chi connectivity index (χ0v) is 11.9. The molecule has 0 radical (unpaired) electrons. The molecule has 2 aromatic rings. The first-order valence-electron chi connectivity index (χ1n) is 7.51. The van der Waals surface area contributed by atoms with E-state index in [4.69, 9.17) is 4.74 Å².